The third kappa shape index (κ3) is 2.92. The van der Waals surface area contributed by atoms with Gasteiger partial charge in [-0.25, -0.2) is 8.42 Å². The van der Waals surface area contributed by atoms with Crippen LogP contribution in [0.4, 0.5) is 5.69 Å². The quantitative estimate of drug-likeness (QED) is 0.691. The molecule has 4 nitrogen and oxygen atoms in total. The SMILES string of the molecule is Cc1c(Cl)cccc1NS(=O)(=O)c1ccc2[nH]c3c(c2c1)CCCC3. The predicted molar refractivity (Wildman–Crippen MR) is 102 cm³/mol. The van der Waals surface area contributed by atoms with Gasteiger partial charge in [-0.3, -0.25) is 4.72 Å². The van der Waals surface area contributed by atoms with Crippen molar-refractivity contribution in [2.24, 2.45) is 0 Å². The fourth-order valence-electron chi connectivity index (χ4n) is 3.47. The van der Waals surface area contributed by atoms with Gasteiger partial charge in [0.05, 0.1) is 10.6 Å². The number of aromatic nitrogens is 1. The highest BCUT2D eigenvalue weighted by Crippen LogP contribution is 2.31. The molecule has 0 aliphatic heterocycles. The van der Waals surface area contributed by atoms with E-state index in [2.05, 4.69) is 9.71 Å². The summed E-state index contributed by atoms with van der Waals surface area (Å²) in [4.78, 5) is 3.70. The summed E-state index contributed by atoms with van der Waals surface area (Å²) in [6.45, 7) is 1.80. The zero-order valence-corrected chi connectivity index (χ0v) is 15.5. The lowest BCUT2D eigenvalue weighted by Crippen LogP contribution is -2.13. The van der Waals surface area contributed by atoms with Crippen LogP contribution in [0.25, 0.3) is 10.9 Å². The lowest BCUT2D eigenvalue weighted by atomic mass is 9.96. The van der Waals surface area contributed by atoms with Crippen molar-refractivity contribution in [3.8, 4) is 0 Å². The highest BCUT2D eigenvalue weighted by Gasteiger charge is 2.20. The molecule has 1 aromatic heterocycles. The molecule has 0 radical (unpaired) electrons. The molecule has 130 valence electrons. The summed E-state index contributed by atoms with van der Waals surface area (Å²) in [5, 5.41) is 1.55. The molecule has 2 aromatic carbocycles. The van der Waals surface area contributed by atoms with Crippen LogP contribution < -0.4 is 4.72 Å². The maximum atomic E-state index is 12.8. The molecule has 0 saturated heterocycles. The molecule has 0 fully saturated rings. The van der Waals surface area contributed by atoms with E-state index < -0.39 is 10.0 Å². The third-order valence-electron chi connectivity index (χ3n) is 4.89. The molecule has 0 saturated carbocycles. The average molecular weight is 375 g/mol. The number of halogens is 1. The zero-order valence-electron chi connectivity index (χ0n) is 13.9. The van der Waals surface area contributed by atoms with Gasteiger partial charge in [0, 0.05) is 21.6 Å². The van der Waals surface area contributed by atoms with Crippen LogP contribution in [0.3, 0.4) is 0 Å². The van der Waals surface area contributed by atoms with Crippen molar-refractivity contribution in [1.82, 2.24) is 4.98 Å². The molecule has 2 N–H and O–H groups in total. The second-order valence-corrected chi connectivity index (χ2v) is 8.60. The Kier molecular flexibility index (Phi) is 4.01. The number of benzene rings is 2. The molecular weight excluding hydrogens is 356 g/mol. The van der Waals surface area contributed by atoms with Crippen LogP contribution in [-0.4, -0.2) is 13.4 Å². The van der Waals surface area contributed by atoms with Crippen LogP contribution in [0.5, 0.6) is 0 Å². The fourth-order valence-corrected chi connectivity index (χ4v) is 4.80. The molecule has 1 aliphatic rings. The van der Waals surface area contributed by atoms with Gasteiger partial charge in [0.15, 0.2) is 0 Å². The summed E-state index contributed by atoms with van der Waals surface area (Å²) < 4.78 is 28.3. The monoisotopic (exact) mass is 374 g/mol. The van der Waals surface area contributed by atoms with Gasteiger partial charge in [0.25, 0.3) is 10.0 Å². The maximum absolute atomic E-state index is 12.8. The number of hydrogen-bond acceptors (Lipinski definition) is 2. The van der Waals surface area contributed by atoms with E-state index in [9.17, 15) is 8.42 Å². The molecule has 0 amide bonds. The summed E-state index contributed by atoms with van der Waals surface area (Å²) in [6, 6.07) is 10.5. The third-order valence-corrected chi connectivity index (χ3v) is 6.66. The van der Waals surface area contributed by atoms with Gasteiger partial charge in [-0.1, -0.05) is 17.7 Å². The highest BCUT2D eigenvalue weighted by atomic mass is 35.5. The average Bonchev–Trinajstić information content (AvgIpc) is 2.97. The van der Waals surface area contributed by atoms with Gasteiger partial charge in [-0.15, -0.1) is 0 Å². The van der Waals surface area contributed by atoms with E-state index in [0.717, 1.165) is 30.2 Å². The standard InChI is InChI=1S/C19H19ClN2O2S/c1-12-16(20)6-4-8-17(12)22-25(23,24)13-9-10-19-15(11-13)14-5-2-3-7-18(14)21-19/h4,6,8-11,21-22H,2-3,5,7H2,1H3. The Hall–Kier alpha value is -1.98. The number of anilines is 1. The number of hydrogen-bond donors (Lipinski definition) is 2. The van der Waals surface area contributed by atoms with Crippen LogP contribution in [0.2, 0.25) is 5.02 Å². The number of sulfonamides is 1. The normalized spacial score (nSPS) is 14.5. The van der Waals surface area contributed by atoms with Crippen molar-refractivity contribution in [2.45, 2.75) is 37.5 Å². The van der Waals surface area contributed by atoms with Crippen molar-refractivity contribution in [2.75, 3.05) is 4.72 Å². The first-order valence-electron chi connectivity index (χ1n) is 8.37. The number of fused-ring (bicyclic) bond motifs is 3. The minimum atomic E-state index is -3.67. The van der Waals surface area contributed by atoms with E-state index in [1.165, 1.54) is 17.7 Å². The summed E-state index contributed by atoms with van der Waals surface area (Å²) in [7, 11) is -3.67. The van der Waals surface area contributed by atoms with E-state index in [1.54, 1.807) is 37.3 Å². The molecule has 4 rings (SSSR count). The Bertz CT molecular complexity index is 1070. The van der Waals surface area contributed by atoms with E-state index >= 15 is 0 Å². The van der Waals surface area contributed by atoms with Crippen LogP contribution in [0, 0.1) is 6.92 Å². The number of nitrogens with one attached hydrogen (secondary N) is 2. The molecule has 0 spiro atoms. The summed E-state index contributed by atoms with van der Waals surface area (Å²) >= 11 is 6.09. The van der Waals surface area contributed by atoms with E-state index in [-0.39, 0.29) is 4.90 Å². The first kappa shape index (κ1) is 16.5. The lowest BCUT2D eigenvalue weighted by molar-refractivity contribution is 0.601. The molecule has 6 heteroatoms. The van der Waals surface area contributed by atoms with Crippen molar-refractivity contribution in [3.05, 3.63) is 58.2 Å². The van der Waals surface area contributed by atoms with Gasteiger partial charge in [-0.05, 0) is 74.1 Å². The summed E-state index contributed by atoms with van der Waals surface area (Å²) in [5.41, 5.74) is 4.73. The lowest BCUT2D eigenvalue weighted by Gasteiger charge is -2.12. The molecule has 0 unspecified atom stereocenters. The van der Waals surface area contributed by atoms with Crippen molar-refractivity contribution >= 4 is 38.2 Å². The van der Waals surface area contributed by atoms with Crippen molar-refractivity contribution in [1.29, 1.82) is 0 Å². The molecule has 3 aromatic rings. The first-order valence-corrected chi connectivity index (χ1v) is 10.2. The Labute approximate surface area is 152 Å². The van der Waals surface area contributed by atoms with E-state index in [4.69, 9.17) is 11.6 Å². The Balaban J connectivity index is 1.76. The number of aromatic amines is 1. The van der Waals surface area contributed by atoms with Gasteiger partial charge in [0.2, 0.25) is 0 Å². The molecular formula is C19H19ClN2O2S. The van der Waals surface area contributed by atoms with Gasteiger partial charge in [0.1, 0.15) is 0 Å². The van der Waals surface area contributed by atoms with Gasteiger partial charge < -0.3 is 4.98 Å². The van der Waals surface area contributed by atoms with Crippen molar-refractivity contribution < 1.29 is 8.42 Å². The summed E-state index contributed by atoms with van der Waals surface area (Å²) in [5.74, 6) is 0. The van der Waals surface area contributed by atoms with Gasteiger partial charge in [-0.2, -0.15) is 0 Å². The molecule has 1 heterocycles. The fraction of sp³-hybridized carbons (Fsp3) is 0.263. The minimum Gasteiger partial charge on any atom is -0.358 e. The highest BCUT2D eigenvalue weighted by molar-refractivity contribution is 7.92. The number of H-pyrrole nitrogens is 1. The molecule has 25 heavy (non-hydrogen) atoms. The Morgan fingerprint density at radius 3 is 2.76 bits per heavy atom. The molecule has 0 atom stereocenters. The van der Waals surface area contributed by atoms with Crippen LogP contribution in [-0.2, 0) is 22.9 Å². The maximum Gasteiger partial charge on any atom is 0.261 e. The minimum absolute atomic E-state index is 0.270. The first-order chi connectivity index (χ1) is 12.0. The predicted octanol–water partition coefficient (Wildman–Crippen LogP) is 4.81. The van der Waals surface area contributed by atoms with Crippen LogP contribution >= 0.6 is 11.6 Å². The van der Waals surface area contributed by atoms with Gasteiger partial charge >= 0.3 is 0 Å². The Morgan fingerprint density at radius 1 is 1.12 bits per heavy atom. The smallest absolute Gasteiger partial charge is 0.261 e. The van der Waals surface area contributed by atoms with Crippen LogP contribution in [0.1, 0.15) is 29.7 Å². The largest absolute Gasteiger partial charge is 0.358 e. The molecule has 1 aliphatic carbocycles. The number of aryl methyl sites for hydroxylation is 2. The van der Waals surface area contributed by atoms with Crippen molar-refractivity contribution in [3.63, 3.8) is 0 Å². The second kappa shape index (κ2) is 6.07. The van der Waals surface area contributed by atoms with E-state index in [0.29, 0.717) is 16.3 Å². The van der Waals surface area contributed by atoms with Crippen LogP contribution in [0.15, 0.2) is 41.3 Å². The topological polar surface area (TPSA) is 62.0 Å². The molecule has 0 bridgehead atoms. The number of rotatable bonds is 3. The van der Waals surface area contributed by atoms with E-state index in [1.807, 2.05) is 6.07 Å². The second-order valence-electron chi connectivity index (χ2n) is 6.51. The summed E-state index contributed by atoms with van der Waals surface area (Å²) in [6.07, 6.45) is 4.36. The Morgan fingerprint density at radius 2 is 1.92 bits per heavy atom. The zero-order chi connectivity index (χ0) is 17.6.